The number of carbonyl (C=O) groups excluding carboxylic acids is 2. The molecule has 1 heterocycles. The molecule has 0 N–H and O–H groups in total. The molecule has 0 unspecified atom stereocenters. The molecule has 0 saturated carbocycles. The Morgan fingerprint density at radius 2 is 0.789 bits per heavy atom. The van der Waals surface area contributed by atoms with Crippen molar-refractivity contribution >= 4 is 12.2 Å². The molecule has 0 atom stereocenters. The molecule has 0 bridgehead atoms. The van der Waals surface area contributed by atoms with Crippen LogP contribution < -0.4 is 32.0 Å². The minimum atomic E-state index is -1.08. The molecule has 0 aliphatic carbocycles. The monoisotopic (exact) mass is 492 g/mol. The molecule has 3 radical (unpaired) electrons. The van der Waals surface area contributed by atoms with Crippen LogP contribution in [0.1, 0.15) is 0 Å². The molecular formula is C6H3N5O5Y3-6. The Bertz CT molecular complexity index is 432. The van der Waals surface area contributed by atoms with Gasteiger partial charge in [-0.3, -0.25) is 9.59 Å². The molecule has 0 aliphatic heterocycles. The standard InChI is InChI=1S/C3H3N3O3.2CNO.CH3.3Y/c7-1-4-2(8)6-3(9)5-1;2*2-1-3;;;;/h(H3,4,5,6,7,8,9);;;1H3;;;/q;3*-1;;;/p-3. The molecule has 0 aromatic carbocycles. The third-order valence-corrected chi connectivity index (χ3v) is 0.574. The van der Waals surface area contributed by atoms with Crippen molar-refractivity contribution in [3.8, 4) is 0 Å². The van der Waals surface area contributed by atoms with Crippen LogP contribution in [0.25, 0.3) is 10.8 Å². The van der Waals surface area contributed by atoms with Gasteiger partial charge >= 0.3 is 0 Å². The normalized spacial score (nSPS) is 5.26. The predicted molar refractivity (Wildman–Crippen MR) is 49.7 cm³/mol. The first-order valence-electron chi connectivity index (χ1n) is 2.81. The summed E-state index contributed by atoms with van der Waals surface area (Å²) in [5.41, 5.74) is -3.25. The summed E-state index contributed by atoms with van der Waals surface area (Å²) in [5.74, 6) is 0. The number of nitrogens with zero attached hydrogens (tertiary/aromatic N) is 5. The molecule has 1 aromatic rings. The fourth-order valence-electron chi connectivity index (χ4n) is 0.320. The smallest absolute Gasteiger partial charge is 0 e. The first-order valence-corrected chi connectivity index (χ1v) is 2.81. The van der Waals surface area contributed by atoms with Crippen LogP contribution in [0.15, 0.2) is 14.4 Å². The number of aromatic nitrogens is 3. The van der Waals surface area contributed by atoms with Crippen molar-refractivity contribution in [1.82, 2.24) is 15.0 Å². The van der Waals surface area contributed by atoms with E-state index < -0.39 is 17.1 Å². The summed E-state index contributed by atoms with van der Waals surface area (Å²) >= 11 is 0. The number of hydrogen-bond donors (Lipinski definition) is 0. The van der Waals surface area contributed by atoms with E-state index in [1.54, 1.807) is 0 Å². The molecule has 0 fully saturated rings. The molecule has 0 aliphatic rings. The zero-order valence-electron chi connectivity index (χ0n) is 9.51. The molecule has 0 amide bonds. The van der Waals surface area contributed by atoms with Gasteiger partial charge < -0.3 is 47.6 Å². The molecule has 97 valence electrons. The van der Waals surface area contributed by atoms with Gasteiger partial charge in [-0.05, 0) is 29.2 Å². The van der Waals surface area contributed by atoms with E-state index in [1.165, 1.54) is 0 Å². The summed E-state index contributed by atoms with van der Waals surface area (Å²) in [6.07, 6.45) is 1.00. The van der Waals surface area contributed by atoms with Gasteiger partial charge in [-0.1, -0.05) is 0 Å². The molecule has 10 nitrogen and oxygen atoms in total. The maximum Gasteiger partial charge on any atom is 0 e. The molecule has 19 heavy (non-hydrogen) atoms. The second-order valence-corrected chi connectivity index (χ2v) is 1.37. The Morgan fingerprint density at radius 3 is 0.895 bits per heavy atom. The summed E-state index contributed by atoms with van der Waals surface area (Å²) in [7, 11) is 0. The summed E-state index contributed by atoms with van der Waals surface area (Å²) in [5, 5.41) is 13.5. The fourth-order valence-corrected chi connectivity index (χ4v) is 0.320. The van der Waals surface area contributed by atoms with Crippen LogP contribution in [0.3, 0.4) is 0 Å². The van der Waals surface area contributed by atoms with Crippen molar-refractivity contribution in [3.05, 3.63) is 49.7 Å². The maximum absolute atomic E-state index is 10.0. The number of hydrogen-bond acceptors (Lipinski definition) is 5. The zero-order chi connectivity index (χ0) is 12.3. The van der Waals surface area contributed by atoms with Crippen LogP contribution in [0, 0.1) is 7.43 Å². The first-order chi connectivity index (χ1) is 7.01. The van der Waals surface area contributed by atoms with E-state index in [1.807, 2.05) is 0 Å². The Labute approximate surface area is 182 Å². The Hall–Kier alpha value is 0.482. The molecule has 0 spiro atoms. The van der Waals surface area contributed by atoms with Crippen molar-refractivity contribution in [2.24, 2.45) is 0 Å². The topological polar surface area (TPSA) is 172 Å². The summed E-state index contributed by atoms with van der Waals surface area (Å²) in [6, 6.07) is 0. The first kappa shape index (κ1) is 36.6. The third-order valence-electron chi connectivity index (χ3n) is 0.574. The zero-order valence-corrected chi connectivity index (χ0v) is 18.0. The van der Waals surface area contributed by atoms with Crippen LogP contribution >= 0.6 is 0 Å². The summed E-state index contributed by atoms with van der Waals surface area (Å²) in [4.78, 5) is 54.7. The number of isocyanates is 2. The van der Waals surface area contributed by atoms with Crippen molar-refractivity contribution in [1.29, 1.82) is 0 Å². The summed E-state index contributed by atoms with van der Waals surface area (Å²) < 4.78 is 0. The maximum atomic E-state index is 10.0. The van der Waals surface area contributed by atoms with E-state index in [9.17, 15) is 14.4 Å². The molecular weight excluding hydrogens is 489 g/mol. The van der Waals surface area contributed by atoms with Crippen LogP contribution in [0.4, 0.5) is 0 Å². The van der Waals surface area contributed by atoms with Crippen molar-refractivity contribution < 1.29 is 108 Å². The summed E-state index contributed by atoms with van der Waals surface area (Å²) in [6.45, 7) is 0. The van der Waals surface area contributed by atoms with Gasteiger partial charge in [0.05, 0.1) is 0 Å². The van der Waals surface area contributed by atoms with E-state index in [-0.39, 0.29) is 106 Å². The Balaban J connectivity index is -0.0000000374. The van der Waals surface area contributed by atoms with E-state index in [0.29, 0.717) is 12.2 Å². The largest absolute Gasteiger partial charge is 0.724 e. The average molecular weight is 492 g/mol. The minimum Gasteiger partial charge on any atom is -0.724 e. The van der Waals surface area contributed by atoms with Gasteiger partial charge in [-0.25, -0.2) is 0 Å². The third kappa shape index (κ3) is 32.2. The number of rotatable bonds is 0. The Kier molecular flexibility index (Phi) is 51.9. The van der Waals surface area contributed by atoms with Crippen molar-refractivity contribution in [2.75, 3.05) is 0 Å². The van der Waals surface area contributed by atoms with Crippen LogP contribution in [-0.2, 0) is 108 Å². The van der Waals surface area contributed by atoms with Gasteiger partial charge in [0.15, 0.2) is 0 Å². The van der Waals surface area contributed by atoms with Crippen molar-refractivity contribution in [2.45, 2.75) is 0 Å². The van der Waals surface area contributed by atoms with E-state index in [0.717, 1.165) is 0 Å². The SMILES string of the molecule is O=c1[n-]c(=O)[n-]c(=O)[n-]1.[CH3-].[N-]=C=O.[N-]=C=O.[Y].[Y].[Y]. The van der Waals surface area contributed by atoms with Gasteiger partial charge in [-0.15, -0.1) is 0 Å². The quantitative estimate of drug-likeness (QED) is 0.208. The minimum absolute atomic E-state index is 0. The van der Waals surface area contributed by atoms with Gasteiger partial charge in [0.2, 0.25) is 0 Å². The Morgan fingerprint density at radius 1 is 0.684 bits per heavy atom. The van der Waals surface area contributed by atoms with E-state index in [4.69, 9.17) is 20.4 Å². The van der Waals surface area contributed by atoms with E-state index in [2.05, 4.69) is 15.0 Å². The van der Waals surface area contributed by atoms with Crippen LogP contribution in [-0.4, -0.2) is 12.2 Å². The molecule has 1 rings (SSSR count). The second kappa shape index (κ2) is 26.9. The van der Waals surface area contributed by atoms with E-state index >= 15 is 0 Å². The van der Waals surface area contributed by atoms with Crippen molar-refractivity contribution in [3.63, 3.8) is 0 Å². The van der Waals surface area contributed by atoms with Crippen LogP contribution in [0.5, 0.6) is 0 Å². The predicted octanol–water partition coefficient (Wildman–Crippen LogP) is -3.14. The molecule has 0 saturated heterocycles. The van der Waals surface area contributed by atoms with Gasteiger partial charge in [0, 0.05) is 98.1 Å². The van der Waals surface area contributed by atoms with Gasteiger partial charge in [-0.2, -0.15) is 0 Å². The van der Waals surface area contributed by atoms with Gasteiger partial charge in [0.25, 0.3) is 0 Å². The molecule has 13 heteroatoms. The van der Waals surface area contributed by atoms with Gasteiger partial charge in [0.1, 0.15) is 0 Å². The van der Waals surface area contributed by atoms with Crippen LogP contribution in [0.2, 0.25) is 0 Å². The molecule has 1 aromatic heterocycles. The average Bonchev–Trinajstić information content (AvgIpc) is 2.03. The fraction of sp³-hybridized carbons (Fsp3) is 0. The second-order valence-electron chi connectivity index (χ2n) is 1.37.